The molecule has 0 unspecified atom stereocenters. The van der Waals surface area contributed by atoms with Crippen molar-refractivity contribution in [3.8, 4) is 0 Å². The number of hydrogen-bond donors (Lipinski definition) is 1. The maximum absolute atomic E-state index is 14.4. The molecule has 1 N–H and O–H groups in total. The first kappa shape index (κ1) is 15.1. The van der Waals surface area contributed by atoms with Gasteiger partial charge in [0.25, 0.3) is 0 Å². The van der Waals surface area contributed by atoms with E-state index in [2.05, 4.69) is 5.10 Å². The van der Waals surface area contributed by atoms with Gasteiger partial charge in [0.05, 0.1) is 23.8 Å². The van der Waals surface area contributed by atoms with E-state index in [1.807, 2.05) is 12.1 Å². The van der Waals surface area contributed by atoms with E-state index in [-0.39, 0.29) is 12.1 Å². The van der Waals surface area contributed by atoms with Crippen molar-refractivity contribution in [3.63, 3.8) is 0 Å². The van der Waals surface area contributed by atoms with Crippen LogP contribution in [0.2, 0.25) is 5.02 Å². The van der Waals surface area contributed by atoms with Crippen molar-refractivity contribution in [2.45, 2.75) is 25.3 Å². The molecular formula is C18H14ClFN2O2. The lowest BCUT2D eigenvalue weighted by Crippen LogP contribution is -2.08. The molecule has 0 aliphatic heterocycles. The van der Waals surface area contributed by atoms with Gasteiger partial charge in [0.15, 0.2) is 0 Å². The Balaban J connectivity index is 1.78. The third kappa shape index (κ3) is 2.45. The number of carboxylic acids is 1. The van der Waals surface area contributed by atoms with Crippen LogP contribution in [0.5, 0.6) is 0 Å². The van der Waals surface area contributed by atoms with Crippen LogP contribution in [0.15, 0.2) is 36.5 Å². The fraction of sp³-hybridized carbons (Fsp3) is 0.222. The van der Waals surface area contributed by atoms with Gasteiger partial charge in [-0.15, -0.1) is 0 Å². The van der Waals surface area contributed by atoms with Crippen molar-refractivity contribution >= 4 is 28.5 Å². The third-order valence-electron chi connectivity index (χ3n) is 4.43. The van der Waals surface area contributed by atoms with Gasteiger partial charge in [-0.25, -0.2) is 9.18 Å². The van der Waals surface area contributed by atoms with Crippen LogP contribution in [-0.2, 0) is 6.54 Å². The molecule has 1 fully saturated rings. The summed E-state index contributed by atoms with van der Waals surface area (Å²) in [5, 5.41) is 15.1. The summed E-state index contributed by atoms with van der Waals surface area (Å²) in [6, 6.07) is 8.09. The molecule has 1 saturated carbocycles. The quantitative estimate of drug-likeness (QED) is 0.760. The van der Waals surface area contributed by atoms with Crippen LogP contribution in [0.3, 0.4) is 0 Å². The lowest BCUT2D eigenvalue weighted by atomic mass is 10.1. The molecule has 3 aromatic rings. The first-order chi connectivity index (χ1) is 11.6. The zero-order chi connectivity index (χ0) is 16.8. The minimum Gasteiger partial charge on any atom is -0.478 e. The molecule has 4 nitrogen and oxygen atoms in total. The molecule has 1 aliphatic carbocycles. The first-order valence-corrected chi connectivity index (χ1v) is 8.08. The summed E-state index contributed by atoms with van der Waals surface area (Å²) < 4.78 is 16.0. The molecule has 2 aromatic carbocycles. The molecule has 4 rings (SSSR count). The monoisotopic (exact) mass is 344 g/mol. The number of rotatable bonds is 4. The summed E-state index contributed by atoms with van der Waals surface area (Å²) in [5.74, 6) is -1.52. The number of aromatic nitrogens is 2. The summed E-state index contributed by atoms with van der Waals surface area (Å²) in [6.07, 6.45) is 4.01. The lowest BCUT2D eigenvalue weighted by Gasteiger charge is -2.09. The van der Waals surface area contributed by atoms with Gasteiger partial charge < -0.3 is 5.11 Å². The zero-order valence-corrected chi connectivity index (χ0v) is 13.4. The van der Waals surface area contributed by atoms with Crippen molar-refractivity contribution < 1.29 is 14.3 Å². The Hall–Kier alpha value is -2.40. The molecule has 0 atom stereocenters. The predicted octanol–water partition coefficient (Wildman–Crippen LogP) is 4.45. The maximum Gasteiger partial charge on any atom is 0.338 e. The van der Waals surface area contributed by atoms with E-state index in [0.29, 0.717) is 11.5 Å². The van der Waals surface area contributed by atoms with Crippen LogP contribution in [0.1, 0.15) is 40.2 Å². The van der Waals surface area contributed by atoms with Crippen molar-refractivity contribution in [3.05, 3.63) is 64.1 Å². The highest BCUT2D eigenvalue weighted by molar-refractivity contribution is 6.32. The van der Waals surface area contributed by atoms with Crippen LogP contribution < -0.4 is 0 Å². The van der Waals surface area contributed by atoms with Gasteiger partial charge >= 0.3 is 5.97 Å². The molecular weight excluding hydrogens is 331 g/mol. The Kier molecular flexibility index (Phi) is 3.53. The second kappa shape index (κ2) is 5.60. The highest BCUT2D eigenvalue weighted by Gasteiger charge is 2.28. The largest absolute Gasteiger partial charge is 0.478 e. The normalized spacial score (nSPS) is 14.2. The minimum atomic E-state index is -1.28. The molecule has 0 amide bonds. The topological polar surface area (TPSA) is 55.1 Å². The van der Waals surface area contributed by atoms with Crippen molar-refractivity contribution in [1.29, 1.82) is 0 Å². The van der Waals surface area contributed by atoms with Crippen LogP contribution in [0.25, 0.3) is 10.9 Å². The lowest BCUT2D eigenvalue weighted by molar-refractivity contribution is 0.0691. The number of fused-ring (bicyclic) bond motifs is 1. The van der Waals surface area contributed by atoms with Crippen LogP contribution in [0.4, 0.5) is 4.39 Å². The number of carboxylic acid groups (broad SMARTS) is 1. The zero-order valence-electron chi connectivity index (χ0n) is 12.7. The van der Waals surface area contributed by atoms with Crippen molar-refractivity contribution in [2.75, 3.05) is 0 Å². The summed E-state index contributed by atoms with van der Waals surface area (Å²) in [6.45, 7) is 0.169. The summed E-state index contributed by atoms with van der Waals surface area (Å²) >= 11 is 6.33. The number of hydrogen-bond acceptors (Lipinski definition) is 2. The highest BCUT2D eigenvalue weighted by Crippen LogP contribution is 2.46. The van der Waals surface area contributed by atoms with Crippen molar-refractivity contribution in [2.24, 2.45) is 0 Å². The third-order valence-corrected chi connectivity index (χ3v) is 4.76. The van der Waals surface area contributed by atoms with Gasteiger partial charge in [0.2, 0.25) is 0 Å². The standard InChI is InChI=1S/C18H14ClFN2O2/c19-14-6-7-15-13(16(14)10-4-5-10)8-21-22(15)9-11-2-1-3-12(17(11)20)18(23)24/h1-3,6-8,10H,4-5,9H2,(H,23,24). The Bertz CT molecular complexity index is 963. The van der Waals surface area contributed by atoms with Gasteiger partial charge in [-0.2, -0.15) is 5.10 Å². The van der Waals surface area contributed by atoms with E-state index in [1.54, 1.807) is 23.0 Å². The number of carbonyl (C=O) groups is 1. The van der Waals surface area contributed by atoms with E-state index in [9.17, 15) is 9.18 Å². The summed E-state index contributed by atoms with van der Waals surface area (Å²) in [4.78, 5) is 11.1. The van der Waals surface area contributed by atoms with Crippen LogP contribution in [0, 0.1) is 5.82 Å². The SMILES string of the molecule is O=C(O)c1cccc(Cn2ncc3c(C4CC4)c(Cl)ccc32)c1F. The van der Waals surface area contributed by atoms with Crippen LogP contribution in [-0.4, -0.2) is 20.9 Å². The highest BCUT2D eigenvalue weighted by atomic mass is 35.5. The van der Waals surface area contributed by atoms with Gasteiger partial charge in [-0.05, 0) is 42.5 Å². The number of aromatic carboxylic acids is 1. The smallest absolute Gasteiger partial charge is 0.338 e. The first-order valence-electron chi connectivity index (χ1n) is 7.71. The molecule has 0 radical (unpaired) electrons. The Morgan fingerprint density at radius 2 is 2.12 bits per heavy atom. The molecule has 0 bridgehead atoms. The Morgan fingerprint density at radius 3 is 2.83 bits per heavy atom. The number of halogens is 2. The second-order valence-corrected chi connectivity index (χ2v) is 6.46. The second-order valence-electron chi connectivity index (χ2n) is 6.05. The number of nitrogens with zero attached hydrogens (tertiary/aromatic N) is 2. The van der Waals surface area contributed by atoms with Gasteiger partial charge in [-0.3, -0.25) is 4.68 Å². The van der Waals surface area contributed by atoms with E-state index in [0.717, 1.165) is 34.3 Å². The van der Waals surface area contributed by atoms with Gasteiger partial charge in [0.1, 0.15) is 5.82 Å². The molecule has 24 heavy (non-hydrogen) atoms. The fourth-order valence-corrected chi connectivity index (χ4v) is 3.41. The molecule has 0 spiro atoms. The molecule has 0 saturated heterocycles. The van der Waals surface area contributed by atoms with Gasteiger partial charge in [0, 0.05) is 16.0 Å². The average molecular weight is 345 g/mol. The molecule has 1 aromatic heterocycles. The molecule has 6 heteroatoms. The number of benzene rings is 2. The molecule has 1 aliphatic rings. The Morgan fingerprint density at radius 1 is 1.33 bits per heavy atom. The maximum atomic E-state index is 14.4. The van der Waals surface area contributed by atoms with E-state index in [4.69, 9.17) is 16.7 Å². The predicted molar refractivity (Wildman–Crippen MR) is 89.2 cm³/mol. The Labute approximate surface area is 142 Å². The molecule has 122 valence electrons. The van der Waals surface area contributed by atoms with Gasteiger partial charge in [-0.1, -0.05) is 23.7 Å². The summed E-state index contributed by atoms with van der Waals surface area (Å²) in [5.41, 5.74) is 1.95. The van der Waals surface area contributed by atoms with E-state index >= 15 is 0 Å². The van der Waals surface area contributed by atoms with Crippen LogP contribution >= 0.6 is 11.6 Å². The fourth-order valence-electron chi connectivity index (χ4n) is 3.09. The van der Waals surface area contributed by atoms with E-state index < -0.39 is 11.8 Å². The summed E-state index contributed by atoms with van der Waals surface area (Å²) in [7, 11) is 0. The molecule has 1 heterocycles. The average Bonchev–Trinajstić information content (AvgIpc) is 3.30. The van der Waals surface area contributed by atoms with E-state index in [1.165, 1.54) is 6.07 Å². The van der Waals surface area contributed by atoms with Crippen molar-refractivity contribution in [1.82, 2.24) is 9.78 Å². The minimum absolute atomic E-state index is 0.169.